The molecule has 3 rings (SSSR count). The number of fused-ring (bicyclic) bond motifs is 1. The van der Waals surface area contributed by atoms with Crippen molar-refractivity contribution in [2.24, 2.45) is 0 Å². The Bertz CT molecular complexity index is 666. The first kappa shape index (κ1) is 13.5. The molecule has 21 heavy (non-hydrogen) atoms. The number of hydrogen-bond acceptors (Lipinski definition) is 5. The van der Waals surface area contributed by atoms with Crippen LogP contribution in [0.15, 0.2) is 28.8 Å². The summed E-state index contributed by atoms with van der Waals surface area (Å²) in [6, 6.07) is 7.14. The number of carbonyl (C=O) groups excluding carboxylic acids is 1. The molecule has 6 heteroatoms. The lowest BCUT2D eigenvalue weighted by atomic mass is 10.1. The van der Waals surface area contributed by atoms with Crippen molar-refractivity contribution in [3.8, 4) is 5.75 Å². The molecule has 0 saturated carbocycles. The Morgan fingerprint density at radius 1 is 1.38 bits per heavy atom. The number of aryl methyl sites for hydroxylation is 1. The van der Waals surface area contributed by atoms with Crippen LogP contribution in [0.1, 0.15) is 18.2 Å². The SMILES string of the molecule is Cc1cc(NC(=O)[C@@H](C)Nc2ccc3c(c2)CCO3)on1. The number of carbonyl (C=O) groups is 1. The van der Waals surface area contributed by atoms with Crippen LogP contribution in [-0.2, 0) is 11.2 Å². The standard InChI is InChI=1S/C15H17N3O3/c1-9-7-14(21-18-9)17-15(19)10(2)16-12-3-4-13-11(8-12)5-6-20-13/h3-4,7-8,10,16H,5-6H2,1-2H3,(H,17,19)/t10-/m1/s1. The van der Waals surface area contributed by atoms with Crippen LogP contribution in [0.2, 0.25) is 0 Å². The molecule has 110 valence electrons. The number of ether oxygens (including phenoxy) is 1. The van der Waals surface area contributed by atoms with Crippen LogP contribution in [0.25, 0.3) is 0 Å². The van der Waals surface area contributed by atoms with Crippen molar-refractivity contribution in [3.63, 3.8) is 0 Å². The number of hydrogen-bond donors (Lipinski definition) is 2. The lowest BCUT2D eigenvalue weighted by molar-refractivity contribution is -0.116. The predicted molar refractivity (Wildman–Crippen MR) is 78.6 cm³/mol. The normalized spacial score (nSPS) is 14.2. The molecule has 2 N–H and O–H groups in total. The van der Waals surface area contributed by atoms with Gasteiger partial charge in [-0.15, -0.1) is 0 Å². The van der Waals surface area contributed by atoms with E-state index in [4.69, 9.17) is 9.26 Å². The third-order valence-electron chi connectivity index (χ3n) is 3.34. The molecule has 2 heterocycles. The van der Waals surface area contributed by atoms with Crippen LogP contribution < -0.4 is 15.4 Å². The van der Waals surface area contributed by atoms with Crippen molar-refractivity contribution in [1.29, 1.82) is 0 Å². The fraction of sp³-hybridized carbons (Fsp3) is 0.333. The molecule has 2 aromatic rings. The smallest absolute Gasteiger partial charge is 0.248 e. The van der Waals surface area contributed by atoms with Crippen molar-refractivity contribution in [3.05, 3.63) is 35.5 Å². The van der Waals surface area contributed by atoms with E-state index in [1.54, 1.807) is 19.9 Å². The van der Waals surface area contributed by atoms with Crippen LogP contribution in [0.4, 0.5) is 11.6 Å². The number of aromatic nitrogens is 1. The molecule has 1 aliphatic heterocycles. The average molecular weight is 287 g/mol. The van der Waals surface area contributed by atoms with Crippen molar-refractivity contribution < 1.29 is 14.1 Å². The van der Waals surface area contributed by atoms with Gasteiger partial charge < -0.3 is 14.6 Å². The molecule has 0 aliphatic carbocycles. The van der Waals surface area contributed by atoms with Crippen molar-refractivity contribution in [1.82, 2.24) is 5.16 Å². The molecular formula is C15H17N3O3. The number of amides is 1. The highest BCUT2D eigenvalue weighted by Gasteiger charge is 2.17. The molecule has 0 bridgehead atoms. The average Bonchev–Trinajstić information content (AvgIpc) is 3.07. The molecule has 0 radical (unpaired) electrons. The van der Waals surface area contributed by atoms with Gasteiger partial charge in [0.25, 0.3) is 0 Å². The Kier molecular flexibility index (Phi) is 3.51. The Labute approximate surface area is 122 Å². The summed E-state index contributed by atoms with van der Waals surface area (Å²) in [5, 5.41) is 9.58. The maximum absolute atomic E-state index is 12.1. The third kappa shape index (κ3) is 2.99. The lowest BCUT2D eigenvalue weighted by Gasteiger charge is -2.14. The third-order valence-corrected chi connectivity index (χ3v) is 3.34. The van der Waals surface area contributed by atoms with Gasteiger partial charge in [0.05, 0.1) is 12.3 Å². The van der Waals surface area contributed by atoms with Gasteiger partial charge in [-0.25, -0.2) is 0 Å². The Morgan fingerprint density at radius 3 is 3.00 bits per heavy atom. The zero-order valence-electron chi connectivity index (χ0n) is 12.0. The highest BCUT2D eigenvalue weighted by Crippen LogP contribution is 2.28. The van der Waals surface area contributed by atoms with Crippen LogP contribution in [0.5, 0.6) is 5.75 Å². The van der Waals surface area contributed by atoms with E-state index in [1.165, 1.54) is 5.56 Å². The van der Waals surface area contributed by atoms with E-state index in [2.05, 4.69) is 15.8 Å². The van der Waals surface area contributed by atoms with Gasteiger partial charge in [-0.1, -0.05) is 5.16 Å². The van der Waals surface area contributed by atoms with Crippen LogP contribution >= 0.6 is 0 Å². The highest BCUT2D eigenvalue weighted by molar-refractivity contribution is 5.95. The summed E-state index contributed by atoms with van der Waals surface area (Å²) in [5.74, 6) is 1.10. The first-order valence-corrected chi connectivity index (χ1v) is 6.88. The number of rotatable bonds is 4. The molecule has 1 atom stereocenters. The minimum atomic E-state index is -0.393. The maximum atomic E-state index is 12.1. The number of nitrogens with one attached hydrogen (secondary N) is 2. The van der Waals surface area contributed by atoms with Gasteiger partial charge in [0, 0.05) is 18.2 Å². The number of nitrogens with zero attached hydrogens (tertiary/aromatic N) is 1. The quantitative estimate of drug-likeness (QED) is 0.902. The minimum Gasteiger partial charge on any atom is -0.493 e. The lowest BCUT2D eigenvalue weighted by Crippen LogP contribution is -2.31. The summed E-state index contributed by atoms with van der Waals surface area (Å²) in [6.45, 7) is 4.31. The second-order valence-electron chi connectivity index (χ2n) is 5.11. The van der Waals surface area contributed by atoms with E-state index < -0.39 is 6.04 Å². The molecule has 0 fully saturated rings. The van der Waals surface area contributed by atoms with E-state index in [9.17, 15) is 4.79 Å². The Hall–Kier alpha value is -2.50. The van der Waals surface area contributed by atoms with Crippen LogP contribution in [-0.4, -0.2) is 23.7 Å². The molecule has 1 aromatic heterocycles. The van der Waals surface area contributed by atoms with Crippen molar-refractivity contribution >= 4 is 17.5 Å². The topological polar surface area (TPSA) is 76.4 Å². The molecule has 6 nitrogen and oxygen atoms in total. The second kappa shape index (κ2) is 5.47. The van der Waals surface area contributed by atoms with Crippen LogP contribution in [0, 0.1) is 6.92 Å². The van der Waals surface area contributed by atoms with Gasteiger partial charge in [-0.2, -0.15) is 0 Å². The molecular weight excluding hydrogens is 270 g/mol. The van der Waals surface area contributed by atoms with Gasteiger partial charge in [0.2, 0.25) is 11.8 Å². The summed E-state index contributed by atoms with van der Waals surface area (Å²) in [7, 11) is 0. The summed E-state index contributed by atoms with van der Waals surface area (Å²) < 4.78 is 10.4. The second-order valence-corrected chi connectivity index (χ2v) is 5.11. The summed E-state index contributed by atoms with van der Waals surface area (Å²) in [4.78, 5) is 12.1. The number of benzene rings is 1. The van der Waals surface area contributed by atoms with E-state index in [-0.39, 0.29) is 5.91 Å². The van der Waals surface area contributed by atoms with E-state index in [1.807, 2.05) is 18.2 Å². The Balaban J connectivity index is 1.62. The van der Waals surface area contributed by atoms with Gasteiger partial charge in [-0.05, 0) is 37.6 Å². The zero-order valence-corrected chi connectivity index (χ0v) is 12.0. The molecule has 0 unspecified atom stereocenters. The summed E-state index contributed by atoms with van der Waals surface area (Å²) in [5.41, 5.74) is 2.79. The van der Waals surface area contributed by atoms with E-state index in [0.717, 1.165) is 30.2 Å². The van der Waals surface area contributed by atoms with E-state index >= 15 is 0 Å². The van der Waals surface area contributed by atoms with Crippen molar-refractivity contribution in [2.45, 2.75) is 26.3 Å². The first-order valence-electron chi connectivity index (χ1n) is 6.88. The fourth-order valence-electron chi connectivity index (χ4n) is 2.24. The molecule has 1 aliphatic rings. The largest absolute Gasteiger partial charge is 0.493 e. The van der Waals surface area contributed by atoms with Gasteiger partial charge in [0.1, 0.15) is 11.8 Å². The van der Waals surface area contributed by atoms with Gasteiger partial charge in [0.15, 0.2) is 0 Å². The zero-order chi connectivity index (χ0) is 14.8. The summed E-state index contributed by atoms with van der Waals surface area (Å²) >= 11 is 0. The van der Waals surface area contributed by atoms with Gasteiger partial charge >= 0.3 is 0 Å². The number of anilines is 2. The van der Waals surface area contributed by atoms with Crippen LogP contribution in [0.3, 0.4) is 0 Å². The fourth-order valence-corrected chi connectivity index (χ4v) is 2.24. The molecule has 0 saturated heterocycles. The predicted octanol–water partition coefficient (Wildman–Crippen LogP) is 2.36. The molecule has 1 aromatic carbocycles. The molecule has 1 amide bonds. The molecule has 0 spiro atoms. The van der Waals surface area contributed by atoms with Gasteiger partial charge in [-0.3, -0.25) is 10.1 Å². The van der Waals surface area contributed by atoms with Crippen molar-refractivity contribution in [2.75, 3.05) is 17.2 Å². The highest BCUT2D eigenvalue weighted by atomic mass is 16.5. The minimum absolute atomic E-state index is 0.178. The Morgan fingerprint density at radius 2 is 2.24 bits per heavy atom. The monoisotopic (exact) mass is 287 g/mol. The first-order chi connectivity index (χ1) is 10.1. The summed E-state index contributed by atoms with van der Waals surface area (Å²) in [6.07, 6.45) is 0.906. The van der Waals surface area contributed by atoms with E-state index in [0.29, 0.717) is 5.88 Å². The maximum Gasteiger partial charge on any atom is 0.248 e.